The summed E-state index contributed by atoms with van der Waals surface area (Å²) in [5, 5.41) is 0. The van der Waals surface area contributed by atoms with Gasteiger partial charge in [-0.25, -0.2) is 4.39 Å². The van der Waals surface area contributed by atoms with Crippen molar-refractivity contribution in [2.24, 2.45) is 0 Å². The SMILES string of the molecule is FC(F)OC(F)(C(F)(F)F)C(F)(F)OC(F)C(F)(F)F. The van der Waals surface area contributed by atoms with Gasteiger partial charge in [-0.05, 0) is 0 Å². The number of halogens is 12. The molecule has 0 amide bonds. The van der Waals surface area contributed by atoms with Gasteiger partial charge in [0, 0.05) is 0 Å². The Morgan fingerprint density at radius 2 is 1.05 bits per heavy atom. The second kappa shape index (κ2) is 5.46. The van der Waals surface area contributed by atoms with Crippen molar-refractivity contribution in [3.63, 3.8) is 0 Å². The average Bonchev–Trinajstić information content (AvgIpc) is 2.11. The van der Waals surface area contributed by atoms with Gasteiger partial charge in [-0.1, -0.05) is 0 Å². The zero-order valence-corrected chi connectivity index (χ0v) is 8.51. The third-order valence-electron chi connectivity index (χ3n) is 1.50. The molecular formula is C6H2F12O2. The molecule has 0 aliphatic heterocycles. The van der Waals surface area contributed by atoms with Gasteiger partial charge >= 0.3 is 30.9 Å². The maximum atomic E-state index is 12.8. The lowest BCUT2D eigenvalue weighted by atomic mass is 10.2. The second-order valence-electron chi connectivity index (χ2n) is 2.96. The predicted molar refractivity (Wildman–Crippen MR) is 34.0 cm³/mol. The van der Waals surface area contributed by atoms with Gasteiger partial charge in [-0.15, -0.1) is 0 Å². The second-order valence-corrected chi connectivity index (χ2v) is 2.96. The van der Waals surface area contributed by atoms with Crippen molar-refractivity contribution >= 4 is 0 Å². The molecular weight excluding hydrogens is 332 g/mol. The Kier molecular flexibility index (Phi) is 5.21. The maximum absolute atomic E-state index is 12.8. The molecule has 0 heterocycles. The Bertz CT molecular complexity index is 321. The molecule has 0 aromatic carbocycles. The summed E-state index contributed by atoms with van der Waals surface area (Å²) in [6, 6.07) is 0. The molecule has 0 radical (unpaired) electrons. The molecule has 0 spiro atoms. The van der Waals surface area contributed by atoms with Crippen LogP contribution in [-0.2, 0) is 9.47 Å². The number of ether oxygens (including phenoxy) is 2. The molecule has 20 heavy (non-hydrogen) atoms. The van der Waals surface area contributed by atoms with Gasteiger partial charge in [0.25, 0.3) is 6.36 Å². The maximum Gasteiger partial charge on any atom is 0.458 e. The standard InChI is InChI=1S/C6H2F12O2/c7-1(3(10,11)12)19-6(17,18)4(13,5(14,15)16)20-2(8)9/h1-2H. The van der Waals surface area contributed by atoms with Gasteiger partial charge in [-0.2, -0.15) is 48.3 Å². The number of hydrogen-bond donors (Lipinski definition) is 0. The summed E-state index contributed by atoms with van der Waals surface area (Å²) in [6.07, 6.45) is -25.0. The molecule has 2 nitrogen and oxygen atoms in total. The van der Waals surface area contributed by atoms with Crippen LogP contribution < -0.4 is 0 Å². The summed E-state index contributed by atoms with van der Waals surface area (Å²) < 4.78 is 147. The van der Waals surface area contributed by atoms with Crippen molar-refractivity contribution in [2.75, 3.05) is 0 Å². The molecule has 0 saturated carbocycles. The van der Waals surface area contributed by atoms with Gasteiger partial charge in [0.1, 0.15) is 0 Å². The lowest BCUT2D eigenvalue weighted by Crippen LogP contribution is -2.60. The van der Waals surface area contributed by atoms with E-state index < -0.39 is 37.3 Å². The molecule has 2 atom stereocenters. The van der Waals surface area contributed by atoms with Crippen LogP contribution in [-0.4, -0.2) is 37.3 Å². The molecule has 0 aliphatic carbocycles. The van der Waals surface area contributed by atoms with Crippen molar-refractivity contribution < 1.29 is 62.2 Å². The number of alkyl halides is 12. The minimum atomic E-state index is -6.95. The Labute approximate surface area is 101 Å². The van der Waals surface area contributed by atoms with E-state index in [1.165, 1.54) is 0 Å². The van der Waals surface area contributed by atoms with Crippen LogP contribution in [0.2, 0.25) is 0 Å². The summed E-state index contributed by atoms with van der Waals surface area (Å²) in [6.45, 7) is -4.81. The van der Waals surface area contributed by atoms with Gasteiger partial charge in [-0.3, -0.25) is 9.47 Å². The smallest absolute Gasteiger partial charge is 0.272 e. The van der Waals surface area contributed by atoms with Crippen LogP contribution >= 0.6 is 0 Å². The summed E-state index contributed by atoms with van der Waals surface area (Å²) in [7, 11) is 0. The Morgan fingerprint density at radius 1 is 0.650 bits per heavy atom. The first-order valence-electron chi connectivity index (χ1n) is 4.02. The molecule has 0 N–H and O–H groups in total. The molecule has 0 fully saturated rings. The molecule has 0 aromatic rings. The topological polar surface area (TPSA) is 18.5 Å². The predicted octanol–water partition coefficient (Wildman–Crippen LogP) is 3.92. The highest BCUT2D eigenvalue weighted by Crippen LogP contribution is 2.49. The van der Waals surface area contributed by atoms with E-state index in [1.54, 1.807) is 0 Å². The summed E-state index contributed by atoms with van der Waals surface area (Å²) >= 11 is 0. The zero-order chi connectivity index (χ0) is 16.6. The van der Waals surface area contributed by atoms with E-state index in [-0.39, 0.29) is 0 Å². The minimum Gasteiger partial charge on any atom is -0.272 e. The summed E-state index contributed by atoms with van der Waals surface area (Å²) in [4.78, 5) is 0. The summed E-state index contributed by atoms with van der Waals surface area (Å²) in [5.74, 6) is -6.69. The Morgan fingerprint density at radius 3 is 1.30 bits per heavy atom. The van der Waals surface area contributed by atoms with E-state index in [9.17, 15) is 52.7 Å². The molecule has 122 valence electrons. The number of hydrogen-bond acceptors (Lipinski definition) is 2. The van der Waals surface area contributed by atoms with Gasteiger partial charge < -0.3 is 0 Å². The fourth-order valence-electron chi connectivity index (χ4n) is 0.696. The van der Waals surface area contributed by atoms with E-state index >= 15 is 0 Å². The first-order valence-corrected chi connectivity index (χ1v) is 4.02. The first-order chi connectivity index (χ1) is 8.54. The third-order valence-corrected chi connectivity index (χ3v) is 1.50. The third kappa shape index (κ3) is 4.04. The summed E-state index contributed by atoms with van der Waals surface area (Å²) in [5.41, 5.74) is 0. The van der Waals surface area contributed by atoms with Crippen LogP contribution in [0.5, 0.6) is 0 Å². The fourth-order valence-corrected chi connectivity index (χ4v) is 0.696. The average molecular weight is 334 g/mol. The van der Waals surface area contributed by atoms with Crippen LogP contribution in [0.4, 0.5) is 52.7 Å². The van der Waals surface area contributed by atoms with Crippen LogP contribution in [0.25, 0.3) is 0 Å². The zero-order valence-electron chi connectivity index (χ0n) is 8.51. The Hall–Kier alpha value is -0.920. The van der Waals surface area contributed by atoms with Crippen molar-refractivity contribution in [3.05, 3.63) is 0 Å². The van der Waals surface area contributed by atoms with Gasteiger partial charge in [0.15, 0.2) is 0 Å². The highest BCUT2D eigenvalue weighted by Gasteiger charge is 2.77. The first kappa shape index (κ1) is 19.1. The quantitative estimate of drug-likeness (QED) is 0.710. The van der Waals surface area contributed by atoms with Crippen LogP contribution in [0.3, 0.4) is 0 Å². The van der Waals surface area contributed by atoms with Crippen LogP contribution in [0.15, 0.2) is 0 Å². The molecule has 2 unspecified atom stereocenters. The normalized spacial score (nSPS) is 19.1. The molecule has 0 bridgehead atoms. The van der Waals surface area contributed by atoms with Gasteiger partial charge in [0.2, 0.25) is 0 Å². The number of rotatable bonds is 5. The highest BCUT2D eigenvalue weighted by molar-refractivity contribution is 4.87. The largest absolute Gasteiger partial charge is 0.458 e. The van der Waals surface area contributed by atoms with Crippen molar-refractivity contribution in [2.45, 2.75) is 37.3 Å². The van der Waals surface area contributed by atoms with Crippen molar-refractivity contribution in [1.82, 2.24) is 0 Å². The van der Waals surface area contributed by atoms with Gasteiger partial charge in [0.05, 0.1) is 0 Å². The van der Waals surface area contributed by atoms with E-state index in [1.807, 2.05) is 9.47 Å². The van der Waals surface area contributed by atoms with E-state index in [0.29, 0.717) is 0 Å². The Balaban J connectivity index is 5.46. The lowest BCUT2D eigenvalue weighted by molar-refractivity contribution is -0.500. The van der Waals surface area contributed by atoms with E-state index in [0.717, 1.165) is 0 Å². The fraction of sp³-hybridized carbons (Fsp3) is 1.00. The van der Waals surface area contributed by atoms with Crippen LogP contribution in [0.1, 0.15) is 0 Å². The monoisotopic (exact) mass is 334 g/mol. The highest BCUT2D eigenvalue weighted by atomic mass is 19.4. The van der Waals surface area contributed by atoms with Crippen LogP contribution in [0, 0.1) is 0 Å². The molecule has 0 rings (SSSR count). The molecule has 0 aromatic heterocycles. The van der Waals surface area contributed by atoms with E-state index in [2.05, 4.69) is 0 Å². The van der Waals surface area contributed by atoms with Crippen molar-refractivity contribution in [1.29, 1.82) is 0 Å². The minimum absolute atomic E-state index is 1.92. The van der Waals surface area contributed by atoms with E-state index in [4.69, 9.17) is 0 Å². The molecule has 0 aliphatic rings. The molecule has 14 heteroatoms. The lowest BCUT2D eigenvalue weighted by Gasteiger charge is -2.34. The van der Waals surface area contributed by atoms with Crippen molar-refractivity contribution in [3.8, 4) is 0 Å². The molecule has 0 saturated heterocycles.